The SMILES string of the molecule is CC(OC(=O)c1ccc2c(c1)C(=O)N(Cc1ccco1)C2=O)C(=O)NC(C)c1ccc(F)cc1. The van der Waals surface area contributed by atoms with Crippen molar-refractivity contribution in [3.8, 4) is 0 Å². The first kappa shape index (κ1) is 22.9. The molecule has 0 fully saturated rings. The van der Waals surface area contributed by atoms with E-state index in [9.17, 15) is 23.6 Å². The van der Waals surface area contributed by atoms with Gasteiger partial charge in [0.1, 0.15) is 11.6 Å². The van der Waals surface area contributed by atoms with Crippen LogP contribution in [0.3, 0.4) is 0 Å². The molecule has 0 spiro atoms. The fourth-order valence-electron chi connectivity index (χ4n) is 3.57. The first-order valence-corrected chi connectivity index (χ1v) is 10.5. The lowest BCUT2D eigenvalue weighted by atomic mass is 10.1. The number of imide groups is 1. The molecule has 0 aliphatic carbocycles. The molecule has 1 aliphatic rings. The summed E-state index contributed by atoms with van der Waals surface area (Å²) in [6.07, 6.45) is 0.315. The van der Waals surface area contributed by atoms with Crippen molar-refractivity contribution in [3.05, 3.63) is 94.7 Å². The lowest BCUT2D eigenvalue weighted by Crippen LogP contribution is -2.37. The number of nitrogens with one attached hydrogen (secondary N) is 1. The van der Waals surface area contributed by atoms with Gasteiger partial charge in [0.25, 0.3) is 17.7 Å². The normalized spacial score (nSPS) is 14.5. The average molecular weight is 464 g/mol. The third-order valence-corrected chi connectivity index (χ3v) is 5.48. The topological polar surface area (TPSA) is 106 Å². The van der Waals surface area contributed by atoms with Crippen LogP contribution in [0, 0.1) is 5.82 Å². The number of halogens is 1. The zero-order valence-electron chi connectivity index (χ0n) is 18.4. The van der Waals surface area contributed by atoms with Crippen molar-refractivity contribution in [3.63, 3.8) is 0 Å². The Balaban J connectivity index is 1.40. The Hall–Kier alpha value is -4.27. The standard InChI is InChI=1S/C25H21FN2O6/c1-14(16-5-8-18(26)9-6-16)27-22(29)15(2)34-25(32)17-7-10-20-21(12-17)24(31)28(23(20)30)13-19-4-3-11-33-19/h3-12,14-15H,13H2,1-2H3,(H,27,29). The zero-order chi connectivity index (χ0) is 24.4. The maximum atomic E-state index is 13.1. The number of esters is 1. The number of ether oxygens (including phenoxy) is 1. The van der Waals surface area contributed by atoms with Gasteiger partial charge >= 0.3 is 5.97 Å². The largest absolute Gasteiger partial charge is 0.467 e. The number of nitrogens with zero attached hydrogens (tertiary/aromatic N) is 1. The van der Waals surface area contributed by atoms with Crippen LogP contribution in [0.4, 0.5) is 4.39 Å². The minimum absolute atomic E-state index is 0.0252. The number of hydrogen-bond donors (Lipinski definition) is 1. The molecular weight excluding hydrogens is 443 g/mol. The second-order valence-electron chi connectivity index (χ2n) is 7.87. The fraction of sp³-hybridized carbons (Fsp3) is 0.200. The Bertz CT molecular complexity index is 1250. The molecule has 9 heteroatoms. The lowest BCUT2D eigenvalue weighted by Gasteiger charge is -2.18. The summed E-state index contributed by atoms with van der Waals surface area (Å²) in [5.41, 5.74) is 0.972. The number of rotatable bonds is 7. The first-order valence-electron chi connectivity index (χ1n) is 10.5. The van der Waals surface area contributed by atoms with Gasteiger partial charge in [-0.1, -0.05) is 12.1 Å². The molecule has 1 N–H and O–H groups in total. The molecule has 0 bridgehead atoms. The van der Waals surface area contributed by atoms with Gasteiger partial charge in [0.05, 0.1) is 35.5 Å². The third-order valence-electron chi connectivity index (χ3n) is 5.48. The van der Waals surface area contributed by atoms with E-state index in [2.05, 4.69) is 5.32 Å². The molecule has 2 aromatic carbocycles. The van der Waals surface area contributed by atoms with Crippen LogP contribution in [0.5, 0.6) is 0 Å². The van der Waals surface area contributed by atoms with E-state index in [0.717, 1.165) is 4.90 Å². The molecule has 1 aliphatic heterocycles. The van der Waals surface area contributed by atoms with E-state index >= 15 is 0 Å². The summed E-state index contributed by atoms with van der Waals surface area (Å²) in [5.74, 6) is -2.33. The highest BCUT2D eigenvalue weighted by atomic mass is 19.1. The molecule has 3 amide bonds. The van der Waals surface area contributed by atoms with Gasteiger partial charge in [-0.2, -0.15) is 0 Å². The molecule has 3 aromatic rings. The molecule has 0 radical (unpaired) electrons. The van der Waals surface area contributed by atoms with Crippen LogP contribution in [0.1, 0.15) is 62.3 Å². The summed E-state index contributed by atoms with van der Waals surface area (Å²) < 4.78 is 23.5. The highest BCUT2D eigenvalue weighted by Gasteiger charge is 2.36. The van der Waals surface area contributed by atoms with Crippen molar-refractivity contribution in [2.24, 2.45) is 0 Å². The lowest BCUT2D eigenvalue weighted by molar-refractivity contribution is -0.129. The number of amides is 3. The van der Waals surface area contributed by atoms with Gasteiger partial charge in [0.2, 0.25) is 0 Å². The van der Waals surface area contributed by atoms with Gasteiger partial charge in [0, 0.05) is 0 Å². The Kier molecular flexibility index (Phi) is 6.27. The predicted molar refractivity (Wildman–Crippen MR) is 117 cm³/mol. The summed E-state index contributed by atoms with van der Waals surface area (Å²) in [5, 5.41) is 2.70. The number of carbonyl (C=O) groups excluding carboxylic acids is 4. The molecule has 2 atom stereocenters. The number of hydrogen-bond acceptors (Lipinski definition) is 6. The molecule has 0 saturated carbocycles. The molecule has 0 saturated heterocycles. The van der Waals surface area contributed by atoms with E-state index in [-0.39, 0.29) is 29.1 Å². The van der Waals surface area contributed by atoms with Gasteiger partial charge in [-0.05, 0) is 61.9 Å². The van der Waals surface area contributed by atoms with Crippen molar-refractivity contribution in [1.82, 2.24) is 10.2 Å². The molecule has 1 aromatic heterocycles. The monoisotopic (exact) mass is 464 g/mol. The minimum atomic E-state index is -1.13. The molecule has 2 unspecified atom stereocenters. The van der Waals surface area contributed by atoms with Crippen LogP contribution in [0.25, 0.3) is 0 Å². The van der Waals surface area contributed by atoms with E-state index in [1.807, 2.05) is 0 Å². The van der Waals surface area contributed by atoms with Crippen LogP contribution in [0.15, 0.2) is 65.3 Å². The van der Waals surface area contributed by atoms with Gasteiger partial charge in [0.15, 0.2) is 6.10 Å². The molecule has 174 valence electrons. The summed E-state index contributed by atoms with van der Waals surface area (Å²) in [4.78, 5) is 51.4. The zero-order valence-corrected chi connectivity index (χ0v) is 18.4. The second kappa shape index (κ2) is 9.30. The van der Waals surface area contributed by atoms with E-state index in [0.29, 0.717) is 11.3 Å². The van der Waals surface area contributed by atoms with E-state index in [4.69, 9.17) is 9.15 Å². The average Bonchev–Trinajstić information content (AvgIpc) is 3.42. The summed E-state index contributed by atoms with van der Waals surface area (Å²) in [6.45, 7) is 3.11. The summed E-state index contributed by atoms with van der Waals surface area (Å²) >= 11 is 0. The minimum Gasteiger partial charge on any atom is -0.467 e. The van der Waals surface area contributed by atoms with Crippen molar-refractivity contribution < 1.29 is 32.7 Å². The second-order valence-corrected chi connectivity index (χ2v) is 7.87. The highest BCUT2D eigenvalue weighted by molar-refractivity contribution is 6.21. The summed E-state index contributed by atoms with van der Waals surface area (Å²) in [6, 6.07) is 12.6. The Morgan fingerprint density at radius 3 is 2.41 bits per heavy atom. The van der Waals surface area contributed by atoms with Crippen LogP contribution >= 0.6 is 0 Å². The maximum absolute atomic E-state index is 13.1. The predicted octanol–water partition coefficient (Wildman–Crippen LogP) is 3.64. The molecule has 8 nitrogen and oxygen atoms in total. The molecule has 34 heavy (non-hydrogen) atoms. The van der Waals surface area contributed by atoms with Gasteiger partial charge in [-0.15, -0.1) is 0 Å². The number of fused-ring (bicyclic) bond motifs is 1. The van der Waals surface area contributed by atoms with Crippen molar-refractivity contribution >= 4 is 23.7 Å². The van der Waals surface area contributed by atoms with Crippen LogP contribution < -0.4 is 5.32 Å². The Morgan fingerprint density at radius 2 is 1.74 bits per heavy atom. The third kappa shape index (κ3) is 4.59. The first-order chi connectivity index (χ1) is 16.2. The maximum Gasteiger partial charge on any atom is 0.338 e. The molecule has 4 rings (SSSR count). The smallest absolute Gasteiger partial charge is 0.338 e. The van der Waals surface area contributed by atoms with Crippen LogP contribution in [-0.2, 0) is 16.1 Å². The van der Waals surface area contributed by atoms with Gasteiger partial charge < -0.3 is 14.5 Å². The number of furan rings is 1. The van der Waals surface area contributed by atoms with Crippen LogP contribution in [0.2, 0.25) is 0 Å². The van der Waals surface area contributed by atoms with Crippen LogP contribution in [-0.4, -0.2) is 34.7 Å². The Labute approximate surface area is 194 Å². The fourth-order valence-corrected chi connectivity index (χ4v) is 3.57. The van der Waals surface area contributed by atoms with E-state index in [1.54, 1.807) is 31.2 Å². The summed E-state index contributed by atoms with van der Waals surface area (Å²) in [7, 11) is 0. The molecule has 2 heterocycles. The molecular formula is C25H21FN2O6. The van der Waals surface area contributed by atoms with Gasteiger partial charge in [-0.3, -0.25) is 19.3 Å². The quantitative estimate of drug-likeness (QED) is 0.423. The highest BCUT2D eigenvalue weighted by Crippen LogP contribution is 2.26. The van der Waals surface area contributed by atoms with Crippen molar-refractivity contribution in [2.75, 3.05) is 0 Å². The number of benzene rings is 2. The van der Waals surface area contributed by atoms with E-state index in [1.165, 1.54) is 43.5 Å². The van der Waals surface area contributed by atoms with Crippen molar-refractivity contribution in [1.29, 1.82) is 0 Å². The van der Waals surface area contributed by atoms with Crippen molar-refractivity contribution in [2.45, 2.75) is 32.5 Å². The number of carbonyl (C=O) groups is 4. The Morgan fingerprint density at radius 1 is 1.03 bits per heavy atom. The van der Waals surface area contributed by atoms with E-state index < -0.39 is 35.8 Å². The van der Waals surface area contributed by atoms with Gasteiger partial charge in [-0.25, -0.2) is 9.18 Å².